The Morgan fingerprint density at radius 3 is 2.71 bits per heavy atom. The largest absolute Gasteiger partial charge is 0.352 e. The minimum absolute atomic E-state index is 0.0228. The van der Waals surface area contributed by atoms with Gasteiger partial charge in [-0.25, -0.2) is 9.97 Å². The summed E-state index contributed by atoms with van der Waals surface area (Å²) < 4.78 is 2.77. The molecule has 0 unspecified atom stereocenters. The van der Waals surface area contributed by atoms with Crippen molar-refractivity contribution in [3.8, 4) is 11.4 Å². The van der Waals surface area contributed by atoms with E-state index in [1.54, 1.807) is 17.8 Å². The van der Waals surface area contributed by atoms with Gasteiger partial charge in [-0.3, -0.25) is 9.36 Å². The average molecular weight is 487 g/mol. The summed E-state index contributed by atoms with van der Waals surface area (Å²) in [5, 5.41) is 0.640. The molecule has 0 atom stereocenters. The Morgan fingerprint density at radius 2 is 1.93 bits per heavy atom. The summed E-state index contributed by atoms with van der Waals surface area (Å²) in [5.74, 6) is 1.58. The quantitative estimate of drug-likeness (QED) is 0.521. The zero-order valence-corrected chi connectivity index (χ0v) is 18.0. The Balaban J connectivity index is 1.60. The van der Waals surface area contributed by atoms with Crippen LogP contribution in [0.1, 0.15) is 12.8 Å². The van der Waals surface area contributed by atoms with E-state index in [2.05, 4.69) is 32.4 Å². The Labute approximate surface area is 177 Å². The maximum atomic E-state index is 13.1. The lowest BCUT2D eigenvalue weighted by Gasteiger charge is -2.32. The number of halogens is 1. The van der Waals surface area contributed by atoms with Gasteiger partial charge in [-0.05, 0) is 53.6 Å². The van der Waals surface area contributed by atoms with Crippen LogP contribution in [-0.4, -0.2) is 51.7 Å². The van der Waals surface area contributed by atoms with Gasteiger partial charge in [-0.1, -0.05) is 12.1 Å². The van der Waals surface area contributed by atoms with E-state index in [0.717, 1.165) is 41.1 Å². The first-order valence-corrected chi connectivity index (χ1v) is 10.8. The maximum Gasteiger partial charge on any atom is 0.261 e. The van der Waals surface area contributed by atoms with Crippen LogP contribution in [0.25, 0.3) is 22.3 Å². The second-order valence-corrected chi connectivity index (χ2v) is 8.88. The molecule has 0 aliphatic carbocycles. The fourth-order valence-corrected chi connectivity index (χ4v) is 4.94. The molecule has 3 aromatic rings. The Morgan fingerprint density at radius 1 is 1.11 bits per heavy atom. The van der Waals surface area contributed by atoms with Gasteiger partial charge in [-0.2, -0.15) is 0 Å². The molecule has 6 nitrogen and oxygen atoms in total. The van der Waals surface area contributed by atoms with E-state index in [0.29, 0.717) is 22.8 Å². The highest BCUT2D eigenvalue weighted by Crippen LogP contribution is 2.27. The lowest BCUT2D eigenvalue weighted by atomic mass is 10.1. The predicted molar refractivity (Wildman–Crippen MR) is 120 cm³/mol. The molecule has 3 aliphatic heterocycles. The normalized spacial score (nSPS) is 21.9. The molecule has 5 heterocycles. The molecular weight excluding hydrogens is 465 g/mol. The predicted octanol–water partition coefficient (Wildman–Crippen LogP) is 2.88. The number of nitrogens with zero attached hydrogens (tertiary/aromatic N) is 5. The van der Waals surface area contributed by atoms with Gasteiger partial charge >= 0.3 is 0 Å². The molecule has 1 aromatic carbocycles. The summed E-state index contributed by atoms with van der Waals surface area (Å²) >= 11 is 2.28. The van der Waals surface area contributed by atoms with Crippen LogP contribution in [0, 0.1) is 3.57 Å². The number of piperidine rings is 1. The summed E-state index contributed by atoms with van der Waals surface area (Å²) in [4.78, 5) is 27.5. The van der Waals surface area contributed by atoms with Crippen molar-refractivity contribution in [3.05, 3.63) is 50.5 Å². The molecule has 0 N–H and O–H groups in total. The highest BCUT2D eigenvalue weighted by molar-refractivity contribution is 14.1. The number of anilines is 1. The van der Waals surface area contributed by atoms with Crippen molar-refractivity contribution >= 4 is 39.3 Å². The van der Waals surface area contributed by atoms with Crippen molar-refractivity contribution in [3.63, 3.8) is 0 Å². The molecule has 0 amide bonds. The van der Waals surface area contributed by atoms with E-state index in [-0.39, 0.29) is 5.56 Å². The molecule has 144 valence electrons. The van der Waals surface area contributed by atoms with E-state index in [1.165, 1.54) is 12.8 Å². The van der Waals surface area contributed by atoms with Gasteiger partial charge in [-0.15, -0.1) is 0 Å². The first-order chi connectivity index (χ1) is 13.6. The van der Waals surface area contributed by atoms with Crippen molar-refractivity contribution in [1.29, 1.82) is 0 Å². The van der Waals surface area contributed by atoms with Gasteiger partial charge in [0.15, 0.2) is 0 Å². The molecule has 28 heavy (non-hydrogen) atoms. The van der Waals surface area contributed by atoms with Crippen LogP contribution >= 0.6 is 22.6 Å². The van der Waals surface area contributed by atoms with Gasteiger partial charge < -0.3 is 9.80 Å². The second kappa shape index (κ2) is 7.11. The lowest BCUT2D eigenvalue weighted by molar-refractivity contribution is 0.250. The zero-order chi connectivity index (χ0) is 19.3. The number of hydrogen-bond donors (Lipinski definition) is 0. The fourth-order valence-electron chi connectivity index (χ4n) is 4.39. The molecule has 3 aliphatic rings. The van der Waals surface area contributed by atoms with Gasteiger partial charge in [0, 0.05) is 48.4 Å². The number of pyridine rings is 1. The van der Waals surface area contributed by atoms with Crippen molar-refractivity contribution < 1.29 is 0 Å². The number of benzene rings is 1. The van der Waals surface area contributed by atoms with Crippen molar-refractivity contribution in [2.45, 2.75) is 18.9 Å². The summed E-state index contributed by atoms with van der Waals surface area (Å²) in [6, 6.07) is 10.5. The smallest absolute Gasteiger partial charge is 0.261 e. The third-order valence-corrected chi connectivity index (χ3v) is 6.65. The third kappa shape index (κ3) is 3.10. The minimum Gasteiger partial charge on any atom is -0.352 e. The Bertz CT molecular complexity index is 1100. The number of rotatable bonds is 2. The van der Waals surface area contributed by atoms with Gasteiger partial charge in [0.1, 0.15) is 11.6 Å². The molecule has 0 saturated carbocycles. The van der Waals surface area contributed by atoms with Crippen molar-refractivity contribution in [1.82, 2.24) is 19.4 Å². The number of fused-ring (bicyclic) bond motifs is 5. The molecule has 0 spiro atoms. The topological polar surface area (TPSA) is 54.3 Å². The van der Waals surface area contributed by atoms with Crippen LogP contribution < -0.4 is 10.5 Å². The van der Waals surface area contributed by atoms with Crippen LogP contribution in [0.5, 0.6) is 0 Å². The van der Waals surface area contributed by atoms with Crippen molar-refractivity contribution in [2.75, 3.05) is 31.1 Å². The molecule has 0 radical (unpaired) electrons. The number of hydrogen-bond acceptors (Lipinski definition) is 5. The van der Waals surface area contributed by atoms with E-state index in [1.807, 2.05) is 30.3 Å². The second-order valence-electron chi connectivity index (χ2n) is 7.64. The zero-order valence-electron chi connectivity index (χ0n) is 15.8. The van der Waals surface area contributed by atoms with E-state index < -0.39 is 0 Å². The summed E-state index contributed by atoms with van der Waals surface area (Å²) in [5.41, 5.74) is 1.57. The Hall–Kier alpha value is -2.00. The average Bonchev–Trinajstić information content (AvgIpc) is 3.04. The summed E-state index contributed by atoms with van der Waals surface area (Å²) in [7, 11) is 1.80. The van der Waals surface area contributed by atoms with Crippen LogP contribution in [0.2, 0.25) is 0 Å². The van der Waals surface area contributed by atoms with Gasteiger partial charge in [0.2, 0.25) is 0 Å². The third-order valence-electron chi connectivity index (χ3n) is 5.98. The first-order valence-electron chi connectivity index (χ1n) is 9.72. The van der Waals surface area contributed by atoms with E-state index >= 15 is 0 Å². The standard InChI is InChI=1S/C21H22IN5O/c1-25-20(14-3-2-4-15(22)11-14)24-18-13-23-19(12-17(18)21(25)28)27-10-9-26-7-5-16(27)6-8-26/h2-4,11-13,16H,5-10H2,1H3. The number of aromatic nitrogens is 3. The summed E-state index contributed by atoms with van der Waals surface area (Å²) in [6.07, 6.45) is 4.10. The first kappa shape index (κ1) is 18.1. The monoisotopic (exact) mass is 487 g/mol. The summed E-state index contributed by atoms with van der Waals surface area (Å²) in [6.45, 7) is 4.37. The van der Waals surface area contributed by atoms with Crippen molar-refractivity contribution in [2.24, 2.45) is 7.05 Å². The van der Waals surface area contributed by atoms with Gasteiger partial charge in [0.25, 0.3) is 5.56 Å². The highest BCUT2D eigenvalue weighted by Gasteiger charge is 2.30. The highest BCUT2D eigenvalue weighted by atomic mass is 127. The van der Waals surface area contributed by atoms with E-state index in [9.17, 15) is 4.79 Å². The van der Waals surface area contributed by atoms with Crippen LogP contribution in [0.3, 0.4) is 0 Å². The lowest BCUT2D eigenvalue weighted by Crippen LogP contribution is -2.38. The molecule has 2 bridgehead atoms. The molecular formula is C21H22IN5O. The van der Waals surface area contributed by atoms with Crippen LogP contribution in [-0.2, 0) is 7.05 Å². The van der Waals surface area contributed by atoms with Gasteiger partial charge in [0.05, 0.1) is 17.1 Å². The minimum atomic E-state index is -0.0228. The van der Waals surface area contributed by atoms with E-state index in [4.69, 9.17) is 9.97 Å². The Kier molecular flexibility index (Phi) is 4.59. The molecule has 7 heteroatoms. The molecule has 6 rings (SSSR count). The maximum absolute atomic E-state index is 13.1. The van der Waals surface area contributed by atoms with Crippen LogP contribution in [0.15, 0.2) is 41.3 Å². The SMILES string of the molecule is Cn1c(-c2cccc(I)c2)nc2cnc(N3CCN4CCC3CC4)cc2c1=O. The molecule has 3 saturated heterocycles. The molecule has 2 aromatic heterocycles. The fraction of sp³-hybridized carbons (Fsp3) is 0.381. The molecule has 3 fully saturated rings. The van der Waals surface area contributed by atoms with Crippen LogP contribution in [0.4, 0.5) is 5.82 Å².